The molecule has 1 nitrogen and oxygen atoms in total. The van der Waals surface area contributed by atoms with Crippen LogP contribution in [0.1, 0.15) is 42.9 Å². The standard InChI is InChI=1S/C30H23F5O/c1-2-3-4-5-19-6-8-20(9-7-19)10-11-21-12-14-24-22(16-21)13-15-25(28(24)33)23-17-26(31)29(27(32)18-23)36-30(34)35/h6-9,12-18,30H,2-5H2,1H3. The van der Waals surface area contributed by atoms with E-state index in [2.05, 4.69) is 35.6 Å². The Morgan fingerprint density at radius 1 is 0.778 bits per heavy atom. The van der Waals surface area contributed by atoms with E-state index in [9.17, 15) is 17.6 Å². The molecule has 0 aromatic heterocycles. The van der Waals surface area contributed by atoms with Gasteiger partial charge in [0, 0.05) is 22.1 Å². The zero-order valence-electron chi connectivity index (χ0n) is 19.6. The molecule has 0 radical (unpaired) electrons. The van der Waals surface area contributed by atoms with Gasteiger partial charge in [0.25, 0.3) is 0 Å². The molecule has 0 fully saturated rings. The zero-order valence-corrected chi connectivity index (χ0v) is 19.6. The number of hydrogen-bond acceptors (Lipinski definition) is 1. The van der Waals surface area contributed by atoms with Crippen LogP contribution in [0.25, 0.3) is 21.9 Å². The Kier molecular flexibility index (Phi) is 7.90. The van der Waals surface area contributed by atoms with Crippen molar-refractivity contribution in [2.45, 2.75) is 39.2 Å². The molecule has 0 spiro atoms. The molecule has 0 heterocycles. The van der Waals surface area contributed by atoms with Crippen LogP contribution in [-0.2, 0) is 6.42 Å². The summed E-state index contributed by atoms with van der Waals surface area (Å²) in [5.41, 5.74) is 2.64. The van der Waals surface area contributed by atoms with Gasteiger partial charge in [-0.25, -0.2) is 13.2 Å². The van der Waals surface area contributed by atoms with Gasteiger partial charge >= 0.3 is 6.61 Å². The molecule has 0 saturated carbocycles. The van der Waals surface area contributed by atoms with Crippen molar-refractivity contribution in [2.75, 3.05) is 0 Å². The van der Waals surface area contributed by atoms with Crippen LogP contribution in [-0.4, -0.2) is 6.61 Å². The second-order valence-electron chi connectivity index (χ2n) is 8.41. The Labute approximate surface area is 206 Å². The molecule has 0 saturated heterocycles. The predicted octanol–water partition coefficient (Wildman–Crippen LogP) is 8.66. The monoisotopic (exact) mass is 494 g/mol. The Bertz CT molecular complexity index is 1410. The zero-order chi connectivity index (χ0) is 25.7. The van der Waals surface area contributed by atoms with Crippen LogP contribution in [0.4, 0.5) is 22.0 Å². The van der Waals surface area contributed by atoms with Gasteiger partial charge in [0.2, 0.25) is 0 Å². The maximum Gasteiger partial charge on any atom is 0.387 e. The molecule has 0 atom stereocenters. The third kappa shape index (κ3) is 5.85. The summed E-state index contributed by atoms with van der Waals surface area (Å²) in [5.74, 6) is 1.61. The Morgan fingerprint density at radius 3 is 2.11 bits per heavy atom. The Morgan fingerprint density at radius 2 is 1.44 bits per heavy atom. The van der Waals surface area contributed by atoms with Crippen LogP contribution in [0.5, 0.6) is 5.75 Å². The number of benzene rings is 4. The molecule has 4 aromatic rings. The lowest BCUT2D eigenvalue weighted by atomic mass is 9.98. The molecule has 0 N–H and O–H groups in total. The highest BCUT2D eigenvalue weighted by Gasteiger charge is 2.19. The minimum absolute atomic E-state index is 0.0678. The van der Waals surface area contributed by atoms with Gasteiger partial charge in [0.1, 0.15) is 5.82 Å². The second kappa shape index (κ2) is 11.3. The molecule has 4 rings (SSSR count). The number of unbranched alkanes of at least 4 members (excludes halogenated alkanes) is 2. The fourth-order valence-corrected chi connectivity index (χ4v) is 3.99. The van der Waals surface area contributed by atoms with E-state index in [1.807, 2.05) is 12.1 Å². The van der Waals surface area contributed by atoms with E-state index in [1.54, 1.807) is 24.3 Å². The number of aryl methyl sites for hydroxylation is 1. The number of rotatable bonds is 7. The van der Waals surface area contributed by atoms with Crippen LogP contribution in [0.3, 0.4) is 0 Å². The van der Waals surface area contributed by atoms with E-state index in [0.717, 1.165) is 24.1 Å². The number of hydrogen-bond donors (Lipinski definition) is 0. The lowest BCUT2D eigenvalue weighted by Crippen LogP contribution is -2.06. The van der Waals surface area contributed by atoms with Gasteiger partial charge in [-0.05, 0) is 65.8 Å². The van der Waals surface area contributed by atoms with E-state index in [-0.39, 0.29) is 16.5 Å². The van der Waals surface area contributed by atoms with E-state index < -0.39 is 29.8 Å². The summed E-state index contributed by atoms with van der Waals surface area (Å²) in [7, 11) is 0. The molecule has 0 amide bonds. The number of ether oxygens (including phenoxy) is 1. The molecule has 184 valence electrons. The first-order valence-corrected chi connectivity index (χ1v) is 11.6. The van der Waals surface area contributed by atoms with Gasteiger partial charge in [-0.15, -0.1) is 0 Å². The van der Waals surface area contributed by atoms with Crippen molar-refractivity contribution in [3.63, 3.8) is 0 Å². The summed E-state index contributed by atoms with van der Waals surface area (Å²) in [6.07, 6.45) is 4.61. The predicted molar refractivity (Wildman–Crippen MR) is 132 cm³/mol. The van der Waals surface area contributed by atoms with Crippen LogP contribution in [0.15, 0.2) is 66.7 Å². The minimum atomic E-state index is -3.38. The summed E-state index contributed by atoms with van der Waals surface area (Å²) in [5, 5.41) is 0.802. The van der Waals surface area contributed by atoms with Gasteiger partial charge in [0.05, 0.1) is 0 Å². The van der Waals surface area contributed by atoms with Crippen molar-refractivity contribution in [3.8, 4) is 28.7 Å². The molecule has 4 aromatic carbocycles. The van der Waals surface area contributed by atoms with E-state index in [0.29, 0.717) is 10.9 Å². The Hall–Kier alpha value is -3.85. The molecule has 0 aliphatic rings. The largest absolute Gasteiger partial charge is 0.429 e. The third-order valence-corrected chi connectivity index (χ3v) is 5.84. The average Bonchev–Trinajstić information content (AvgIpc) is 2.86. The van der Waals surface area contributed by atoms with Crippen molar-refractivity contribution in [3.05, 3.63) is 101 Å². The van der Waals surface area contributed by atoms with E-state index >= 15 is 4.39 Å². The molecule has 6 heteroatoms. The summed E-state index contributed by atoms with van der Waals surface area (Å²) >= 11 is 0. The molecule has 0 aliphatic heterocycles. The van der Waals surface area contributed by atoms with Gasteiger partial charge in [0.15, 0.2) is 17.4 Å². The summed E-state index contributed by atoms with van der Waals surface area (Å²) in [4.78, 5) is 0. The first-order valence-electron chi connectivity index (χ1n) is 11.6. The summed E-state index contributed by atoms with van der Waals surface area (Å²) in [6, 6.07) is 17.6. The van der Waals surface area contributed by atoms with Crippen LogP contribution >= 0.6 is 0 Å². The molecule has 0 unspecified atom stereocenters. The van der Waals surface area contributed by atoms with Gasteiger partial charge in [-0.3, -0.25) is 0 Å². The maximum absolute atomic E-state index is 15.2. The highest BCUT2D eigenvalue weighted by Crippen LogP contribution is 2.34. The first kappa shape index (κ1) is 25.2. The summed E-state index contributed by atoms with van der Waals surface area (Å²) in [6.45, 7) is -1.21. The third-order valence-electron chi connectivity index (χ3n) is 5.84. The quantitative estimate of drug-likeness (QED) is 0.142. The average molecular weight is 495 g/mol. The summed E-state index contributed by atoms with van der Waals surface area (Å²) < 4.78 is 72.1. The van der Waals surface area contributed by atoms with Gasteiger partial charge in [-0.2, -0.15) is 8.78 Å². The molecular formula is C30H23F5O. The van der Waals surface area contributed by atoms with Crippen molar-refractivity contribution >= 4 is 10.8 Å². The molecular weight excluding hydrogens is 471 g/mol. The van der Waals surface area contributed by atoms with Gasteiger partial charge in [-0.1, -0.05) is 61.9 Å². The maximum atomic E-state index is 15.2. The van der Waals surface area contributed by atoms with Crippen molar-refractivity contribution in [2.24, 2.45) is 0 Å². The fraction of sp³-hybridized carbons (Fsp3) is 0.200. The Balaban J connectivity index is 1.57. The van der Waals surface area contributed by atoms with Crippen molar-refractivity contribution < 1.29 is 26.7 Å². The minimum Gasteiger partial charge on any atom is -0.429 e. The van der Waals surface area contributed by atoms with E-state index in [1.165, 1.54) is 30.9 Å². The van der Waals surface area contributed by atoms with Gasteiger partial charge < -0.3 is 4.74 Å². The SMILES string of the molecule is CCCCCc1ccc(C#Cc2ccc3c(F)c(-c4cc(F)c(OC(F)F)c(F)c4)ccc3c2)cc1. The van der Waals surface area contributed by atoms with Crippen molar-refractivity contribution in [1.82, 2.24) is 0 Å². The molecule has 0 bridgehead atoms. The second-order valence-corrected chi connectivity index (χ2v) is 8.41. The highest BCUT2D eigenvalue weighted by molar-refractivity contribution is 5.89. The van der Waals surface area contributed by atoms with Crippen LogP contribution in [0.2, 0.25) is 0 Å². The number of alkyl halides is 2. The fourth-order valence-electron chi connectivity index (χ4n) is 3.99. The highest BCUT2D eigenvalue weighted by atomic mass is 19.3. The number of halogens is 5. The van der Waals surface area contributed by atoms with Crippen LogP contribution < -0.4 is 4.74 Å². The lowest BCUT2D eigenvalue weighted by molar-refractivity contribution is -0.0546. The molecule has 36 heavy (non-hydrogen) atoms. The first-order chi connectivity index (χ1) is 17.4. The van der Waals surface area contributed by atoms with Crippen molar-refractivity contribution in [1.29, 1.82) is 0 Å². The van der Waals surface area contributed by atoms with E-state index in [4.69, 9.17) is 0 Å². The van der Waals surface area contributed by atoms with Crippen LogP contribution in [0, 0.1) is 29.3 Å². The molecule has 0 aliphatic carbocycles. The topological polar surface area (TPSA) is 9.23 Å². The number of fused-ring (bicyclic) bond motifs is 1. The normalized spacial score (nSPS) is 11.0. The smallest absolute Gasteiger partial charge is 0.387 e. The lowest BCUT2D eigenvalue weighted by Gasteiger charge is -2.11.